The van der Waals surface area contributed by atoms with Crippen molar-refractivity contribution in [3.8, 4) is 5.69 Å². The fraction of sp³-hybridized carbons (Fsp3) is 0.286. The number of benzene rings is 1. The molecule has 0 bridgehead atoms. The number of carbonyl (C=O) groups excluding carboxylic acids is 1. The Labute approximate surface area is 112 Å². The largest absolute Gasteiger partial charge is 0.274 e. The second kappa shape index (κ2) is 5.24. The summed E-state index contributed by atoms with van der Waals surface area (Å²) in [6, 6.07) is 8.98. The first kappa shape index (κ1) is 13.3. The van der Waals surface area contributed by atoms with Crippen LogP contribution < -0.4 is 5.48 Å². The fourth-order valence-electron chi connectivity index (χ4n) is 1.45. The maximum Gasteiger partial charge on any atom is 0.274 e. The van der Waals surface area contributed by atoms with E-state index in [9.17, 15) is 4.79 Å². The highest BCUT2D eigenvalue weighted by molar-refractivity contribution is 5.93. The van der Waals surface area contributed by atoms with Crippen LogP contribution >= 0.6 is 0 Å². The predicted molar refractivity (Wildman–Crippen MR) is 71.9 cm³/mol. The lowest BCUT2D eigenvalue weighted by Gasteiger charge is -2.18. The molecule has 5 nitrogen and oxygen atoms in total. The van der Waals surface area contributed by atoms with Gasteiger partial charge in [-0.15, -0.1) is 0 Å². The molecule has 1 heterocycles. The third-order valence-electron chi connectivity index (χ3n) is 2.35. The van der Waals surface area contributed by atoms with E-state index in [1.54, 1.807) is 23.0 Å². The molecule has 1 aromatic heterocycles. The Bertz CT molecular complexity index is 539. The van der Waals surface area contributed by atoms with E-state index in [0.717, 1.165) is 5.69 Å². The van der Waals surface area contributed by atoms with Crippen molar-refractivity contribution in [2.75, 3.05) is 0 Å². The molecule has 5 heteroatoms. The second-order valence-electron chi connectivity index (χ2n) is 5.14. The van der Waals surface area contributed by atoms with Gasteiger partial charge in [-0.05, 0) is 51.1 Å². The van der Waals surface area contributed by atoms with Crippen LogP contribution in [-0.4, -0.2) is 21.3 Å². The lowest BCUT2D eigenvalue weighted by Crippen LogP contribution is -2.33. The van der Waals surface area contributed by atoms with Crippen molar-refractivity contribution < 1.29 is 9.63 Å². The van der Waals surface area contributed by atoms with Gasteiger partial charge in [-0.2, -0.15) is 5.10 Å². The number of carbonyl (C=O) groups is 1. The summed E-state index contributed by atoms with van der Waals surface area (Å²) in [5, 5.41) is 4.12. The van der Waals surface area contributed by atoms with E-state index in [2.05, 4.69) is 10.6 Å². The van der Waals surface area contributed by atoms with Crippen LogP contribution in [0.15, 0.2) is 42.7 Å². The summed E-state index contributed by atoms with van der Waals surface area (Å²) >= 11 is 0. The Morgan fingerprint density at radius 3 is 2.47 bits per heavy atom. The van der Waals surface area contributed by atoms with Gasteiger partial charge in [0, 0.05) is 18.0 Å². The van der Waals surface area contributed by atoms with Crippen LogP contribution in [0.2, 0.25) is 0 Å². The minimum atomic E-state index is -0.412. The molecule has 0 atom stereocenters. The monoisotopic (exact) mass is 259 g/mol. The molecule has 0 aliphatic carbocycles. The highest BCUT2D eigenvalue weighted by Gasteiger charge is 2.13. The molecule has 0 saturated heterocycles. The number of hydrogen-bond donors (Lipinski definition) is 1. The molecule has 1 N–H and O–H groups in total. The van der Waals surface area contributed by atoms with E-state index in [0.29, 0.717) is 5.56 Å². The molecule has 2 aromatic rings. The SMILES string of the molecule is CC(C)(C)ONC(=O)c1ccc(-n2cccn2)cc1. The molecule has 0 saturated carbocycles. The summed E-state index contributed by atoms with van der Waals surface area (Å²) in [5.41, 5.74) is 3.46. The van der Waals surface area contributed by atoms with Gasteiger partial charge < -0.3 is 0 Å². The van der Waals surface area contributed by atoms with Gasteiger partial charge in [-0.3, -0.25) is 9.63 Å². The predicted octanol–water partition coefficient (Wildman–Crippen LogP) is 2.33. The molecule has 19 heavy (non-hydrogen) atoms. The number of nitrogens with zero attached hydrogens (tertiary/aromatic N) is 2. The van der Waals surface area contributed by atoms with Crippen molar-refractivity contribution in [2.24, 2.45) is 0 Å². The summed E-state index contributed by atoms with van der Waals surface area (Å²) in [5.74, 6) is -0.262. The van der Waals surface area contributed by atoms with Crippen molar-refractivity contribution in [1.29, 1.82) is 0 Å². The van der Waals surface area contributed by atoms with Crippen LogP contribution in [0.25, 0.3) is 5.69 Å². The minimum Gasteiger partial charge on any atom is -0.268 e. The van der Waals surface area contributed by atoms with Gasteiger partial charge in [0.1, 0.15) is 0 Å². The Morgan fingerprint density at radius 1 is 1.26 bits per heavy atom. The van der Waals surface area contributed by atoms with Crippen molar-refractivity contribution in [1.82, 2.24) is 15.3 Å². The van der Waals surface area contributed by atoms with Gasteiger partial charge in [0.2, 0.25) is 0 Å². The summed E-state index contributed by atoms with van der Waals surface area (Å²) in [4.78, 5) is 17.1. The molecular weight excluding hydrogens is 242 g/mol. The van der Waals surface area contributed by atoms with E-state index in [-0.39, 0.29) is 5.91 Å². The quantitative estimate of drug-likeness (QED) is 0.861. The number of aromatic nitrogens is 2. The highest BCUT2D eigenvalue weighted by Crippen LogP contribution is 2.09. The number of rotatable bonds is 3. The van der Waals surface area contributed by atoms with Crippen molar-refractivity contribution in [3.05, 3.63) is 48.3 Å². The second-order valence-corrected chi connectivity index (χ2v) is 5.14. The number of amides is 1. The van der Waals surface area contributed by atoms with Crippen LogP contribution in [0.4, 0.5) is 0 Å². The van der Waals surface area contributed by atoms with Crippen LogP contribution in [0, 0.1) is 0 Å². The maximum absolute atomic E-state index is 11.8. The van der Waals surface area contributed by atoms with Crippen molar-refractivity contribution in [3.63, 3.8) is 0 Å². The molecular formula is C14H17N3O2. The van der Waals surface area contributed by atoms with Gasteiger partial charge in [0.25, 0.3) is 5.91 Å². The van der Waals surface area contributed by atoms with Gasteiger partial charge in [0.05, 0.1) is 11.3 Å². The van der Waals surface area contributed by atoms with E-state index in [4.69, 9.17) is 4.84 Å². The zero-order chi connectivity index (χ0) is 13.9. The Morgan fingerprint density at radius 2 is 1.95 bits per heavy atom. The zero-order valence-electron chi connectivity index (χ0n) is 11.3. The van der Waals surface area contributed by atoms with Gasteiger partial charge in [0.15, 0.2) is 0 Å². The summed E-state index contributed by atoms with van der Waals surface area (Å²) in [6.45, 7) is 5.61. The van der Waals surface area contributed by atoms with Gasteiger partial charge >= 0.3 is 0 Å². The first-order valence-electron chi connectivity index (χ1n) is 6.04. The smallest absolute Gasteiger partial charge is 0.268 e. The molecule has 100 valence electrons. The number of hydroxylamine groups is 1. The first-order chi connectivity index (χ1) is 8.96. The first-order valence-corrected chi connectivity index (χ1v) is 6.04. The summed E-state index contributed by atoms with van der Waals surface area (Å²) in [7, 11) is 0. The van der Waals surface area contributed by atoms with Crippen LogP contribution in [0.5, 0.6) is 0 Å². The third-order valence-corrected chi connectivity index (χ3v) is 2.35. The molecule has 2 rings (SSSR count). The van der Waals surface area contributed by atoms with E-state index < -0.39 is 5.60 Å². The Kier molecular flexibility index (Phi) is 3.66. The van der Waals surface area contributed by atoms with Crippen LogP contribution in [-0.2, 0) is 4.84 Å². The Hall–Kier alpha value is -2.14. The average molecular weight is 259 g/mol. The maximum atomic E-state index is 11.8. The van der Waals surface area contributed by atoms with Gasteiger partial charge in [-0.1, -0.05) is 0 Å². The molecule has 1 aromatic carbocycles. The van der Waals surface area contributed by atoms with Crippen LogP contribution in [0.1, 0.15) is 31.1 Å². The molecule has 0 unspecified atom stereocenters. The topological polar surface area (TPSA) is 56.1 Å². The van der Waals surface area contributed by atoms with Crippen LogP contribution in [0.3, 0.4) is 0 Å². The molecule has 0 aliphatic rings. The average Bonchev–Trinajstić information content (AvgIpc) is 2.89. The number of hydrogen-bond acceptors (Lipinski definition) is 3. The minimum absolute atomic E-state index is 0.262. The third kappa shape index (κ3) is 3.66. The molecule has 0 spiro atoms. The molecule has 0 fully saturated rings. The summed E-state index contributed by atoms with van der Waals surface area (Å²) in [6.07, 6.45) is 3.55. The molecule has 0 aliphatic heterocycles. The lowest BCUT2D eigenvalue weighted by molar-refractivity contribution is -0.0589. The fourth-order valence-corrected chi connectivity index (χ4v) is 1.45. The molecule has 1 amide bonds. The Balaban J connectivity index is 2.04. The van der Waals surface area contributed by atoms with Crippen molar-refractivity contribution >= 4 is 5.91 Å². The zero-order valence-corrected chi connectivity index (χ0v) is 11.3. The molecule has 0 radical (unpaired) electrons. The standard InChI is InChI=1S/C14H17N3O2/c1-14(2,3)19-16-13(18)11-5-7-12(8-6-11)17-10-4-9-15-17/h4-10H,1-3H3,(H,16,18). The number of nitrogens with one attached hydrogen (secondary N) is 1. The van der Waals surface area contributed by atoms with Crippen molar-refractivity contribution in [2.45, 2.75) is 26.4 Å². The summed E-state index contributed by atoms with van der Waals surface area (Å²) < 4.78 is 1.73. The van der Waals surface area contributed by atoms with E-state index in [1.807, 2.05) is 45.2 Å². The lowest BCUT2D eigenvalue weighted by atomic mass is 10.2. The van der Waals surface area contributed by atoms with Gasteiger partial charge in [-0.25, -0.2) is 10.2 Å². The normalized spacial score (nSPS) is 11.3. The van der Waals surface area contributed by atoms with E-state index >= 15 is 0 Å². The van der Waals surface area contributed by atoms with E-state index in [1.165, 1.54) is 0 Å². The highest BCUT2D eigenvalue weighted by atomic mass is 16.7.